The van der Waals surface area contributed by atoms with Crippen LogP contribution in [-0.4, -0.2) is 5.90 Å². The number of benzene rings is 1. The average molecular weight is 174 g/mol. The van der Waals surface area contributed by atoms with Gasteiger partial charge in [0.15, 0.2) is 12.5 Å². The van der Waals surface area contributed by atoms with Crippen LogP contribution in [0.4, 0.5) is 0 Å². The van der Waals surface area contributed by atoms with Crippen molar-refractivity contribution in [2.75, 3.05) is 0 Å². The smallest absolute Gasteiger partial charge is 0.181 e. The topological polar surface area (TPSA) is 21.6 Å². The van der Waals surface area contributed by atoms with Crippen molar-refractivity contribution in [1.29, 1.82) is 0 Å². The monoisotopic (exact) mass is 174 g/mol. The second-order valence-corrected chi connectivity index (χ2v) is 3.38. The van der Waals surface area contributed by atoms with Crippen LogP contribution in [0.5, 0.6) is 0 Å². The van der Waals surface area contributed by atoms with E-state index in [4.69, 9.17) is 4.74 Å². The Morgan fingerprint density at radius 1 is 1.23 bits per heavy atom. The number of nitrogens with zero attached hydrogens (tertiary/aromatic N) is 1. The molecule has 1 aliphatic heterocycles. The van der Waals surface area contributed by atoms with Crippen LogP contribution in [-0.2, 0) is 10.3 Å². The van der Waals surface area contributed by atoms with Crippen molar-refractivity contribution in [1.82, 2.24) is 0 Å². The molecule has 1 heterocycles. The van der Waals surface area contributed by atoms with Crippen molar-refractivity contribution in [2.24, 2.45) is 4.99 Å². The molecule has 0 amide bonds. The largest absolute Gasteiger partial charge is 0.471 e. The molecule has 1 unspecified atom stereocenters. The lowest BCUT2D eigenvalue weighted by Crippen LogP contribution is -2.15. The van der Waals surface area contributed by atoms with Gasteiger partial charge in [0.05, 0.1) is 0 Å². The van der Waals surface area contributed by atoms with E-state index in [9.17, 15) is 0 Å². The molecule has 1 aromatic rings. The minimum atomic E-state index is -0.300. The quantitative estimate of drug-likeness (QED) is 0.641. The lowest BCUT2D eigenvalue weighted by molar-refractivity contribution is 0.356. The maximum Gasteiger partial charge on any atom is 0.181 e. The molecule has 0 N–H and O–H groups in total. The first kappa shape index (κ1) is 8.30. The summed E-state index contributed by atoms with van der Waals surface area (Å²) in [6.45, 7) is 5.68. The van der Waals surface area contributed by atoms with Gasteiger partial charge in [-0.1, -0.05) is 30.3 Å². The number of hydrogen-bond acceptors (Lipinski definition) is 2. The number of rotatable bonds is 1. The van der Waals surface area contributed by atoms with E-state index in [1.54, 1.807) is 6.61 Å². The van der Waals surface area contributed by atoms with Crippen LogP contribution in [0.15, 0.2) is 35.3 Å². The number of ether oxygens (including phenoxy) is 1. The summed E-state index contributed by atoms with van der Waals surface area (Å²) in [5.41, 5.74) is 0.859. The minimum Gasteiger partial charge on any atom is -0.471 e. The predicted octanol–water partition coefficient (Wildman–Crippen LogP) is 2.51. The van der Waals surface area contributed by atoms with Crippen LogP contribution < -0.4 is 0 Å². The van der Waals surface area contributed by atoms with Crippen molar-refractivity contribution >= 4 is 5.90 Å². The summed E-state index contributed by atoms with van der Waals surface area (Å²) in [5, 5.41) is 0. The van der Waals surface area contributed by atoms with Crippen LogP contribution in [0.25, 0.3) is 0 Å². The second-order valence-electron chi connectivity index (χ2n) is 3.38. The minimum absolute atomic E-state index is 0.300. The highest BCUT2D eigenvalue weighted by Crippen LogP contribution is 2.32. The highest BCUT2D eigenvalue weighted by molar-refractivity contribution is 5.76. The summed E-state index contributed by atoms with van der Waals surface area (Å²) in [6, 6.07) is 10.1. The van der Waals surface area contributed by atoms with Crippen LogP contribution >= 0.6 is 0 Å². The Labute approximate surface area is 78.3 Å². The van der Waals surface area contributed by atoms with E-state index in [1.807, 2.05) is 32.0 Å². The molecule has 0 saturated carbocycles. The zero-order valence-electron chi connectivity index (χ0n) is 7.82. The maximum absolute atomic E-state index is 5.25. The summed E-state index contributed by atoms with van der Waals surface area (Å²) in [6.07, 6.45) is 0. The van der Waals surface area contributed by atoms with Crippen LogP contribution in [0.1, 0.15) is 19.4 Å². The Bertz CT molecular complexity index is 331. The zero-order valence-corrected chi connectivity index (χ0v) is 7.82. The highest BCUT2D eigenvalue weighted by atomic mass is 16.5. The lowest BCUT2D eigenvalue weighted by atomic mass is 9.94. The molecule has 0 saturated heterocycles. The van der Waals surface area contributed by atoms with Crippen molar-refractivity contribution in [3.8, 4) is 0 Å². The molecule has 67 valence electrons. The lowest BCUT2D eigenvalue weighted by Gasteiger charge is -2.17. The fourth-order valence-electron chi connectivity index (χ4n) is 1.49. The average Bonchev–Trinajstić information content (AvgIpc) is 2.49. The molecule has 0 aliphatic carbocycles. The fourth-order valence-corrected chi connectivity index (χ4v) is 1.49. The van der Waals surface area contributed by atoms with Gasteiger partial charge in [-0.2, -0.15) is 0 Å². The molecule has 13 heavy (non-hydrogen) atoms. The Morgan fingerprint density at radius 2 is 1.92 bits per heavy atom. The van der Waals surface area contributed by atoms with Crippen molar-refractivity contribution in [3.05, 3.63) is 42.5 Å². The van der Waals surface area contributed by atoms with Crippen LogP contribution in [0.2, 0.25) is 0 Å². The first-order valence-corrected chi connectivity index (χ1v) is 4.34. The van der Waals surface area contributed by atoms with E-state index in [0.29, 0.717) is 0 Å². The molecule has 0 spiro atoms. The molecule has 2 heteroatoms. The van der Waals surface area contributed by atoms with E-state index >= 15 is 0 Å². The third-order valence-electron chi connectivity index (χ3n) is 2.21. The van der Waals surface area contributed by atoms with Gasteiger partial charge in [-0.15, -0.1) is 0 Å². The van der Waals surface area contributed by atoms with Gasteiger partial charge in [-0.25, -0.2) is 4.99 Å². The SMILES string of the molecule is CC1=NC(C)(c2ccccc2)[CH]O1. The summed E-state index contributed by atoms with van der Waals surface area (Å²) in [5.74, 6) is 0.728. The summed E-state index contributed by atoms with van der Waals surface area (Å²) < 4.78 is 5.25. The zero-order chi connectivity index (χ0) is 9.31. The third-order valence-corrected chi connectivity index (χ3v) is 2.21. The first-order valence-electron chi connectivity index (χ1n) is 4.34. The molecular formula is C11H12NO. The second kappa shape index (κ2) is 2.87. The molecule has 0 aromatic heterocycles. The molecule has 1 atom stereocenters. The molecule has 1 aliphatic rings. The summed E-state index contributed by atoms with van der Waals surface area (Å²) >= 11 is 0. The Kier molecular flexibility index (Phi) is 1.83. The van der Waals surface area contributed by atoms with Gasteiger partial charge >= 0.3 is 0 Å². The van der Waals surface area contributed by atoms with Crippen molar-refractivity contribution in [2.45, 2.75) is 19.4 Å². The maximum atomic E-state index is 5.25. The van der Waals surface area contributed by atoms with E-state index in [1.165, 1.54) is 0 Å². The molecule has 0 bridgehead atoms. The van der Waals surface area contributed by atoms with Gasteiger partial charge in [0, 0.05) is 6.92 Å². The van der Waals surface area contributed by atoms with Gasteiger partial charge in [-0.05, 0) is 12.5 Å². The first-order chi connectivity index (χ1) is 6.21. The normalized spacial score (nSPS) is 26.8. The summed E-state index contributed by atoms with van der Waals surface area (Å²) in [7, 11) is 0. The number of hydrogen-bond donors (Lipinski definition) is 0. The summed E-state index contributed by atoms with van der Waals surface area (Å²) in [4.78, 5) is 4.43. The Hall–Kier alpha value is -1.31. The molecule has 2 rings (SSSR count). The number of aliphatic imine (C=N–C) groups is 1. The van der Waals surface area contributed by atoms with Gasteiger partial charge in [-0.3, -0.25) is 0 Å². The van der Waals surface area contributed by atoms with E-state index in [2.05, 4.69) is 17.1 Å². The molecule has 2 nitrogen and oxygen atoms in total. The van der Waals surface area contributed by atoms with Crippen LogP contribution in [0, 0.1) is 6.61 Å². The van der Waals surface area contributed by atoms with Gasteiger partial charge < -0.3 is 4.74 Å². The molecule has 0 fully saturated rings. The van der Waals surface area contributed by atoms with E-state index in [0.717, 1.165) is 11.5 Å². The van der Waals surface area contributed by atoms with Crippen molar-refractivity contribution in [3.63, 3.8) is 0 Å². The fraction of sp³-hybridized carbons (Fsp3) is 0.273. The Morgan fingerprint density at radius 3 is 2.46 bits per heavy atom. The molecular weight excluding hydrogens is 162 g/mol. The highest BCUT2D eigenvalue weighted by Gasteiger charge is 2.32. The van der Waals surface area contributed by atoms with E-state index in [-0.39, 0.29) is 5.54 Å². The molecule has 1 radical (unpaired) electrons. The van der Waals surface area contributed by atoms with Gasteiger partial charge in [0.1, 0.15) is 5.54 Å². The van der Waals surface area contributed by atoms with Gasteiger partial charge in [0.2, 0.25) is 0 Å². The van der Waals surface area contributed by atoms with Gasteiger partial charge in [0.25, 0.3) is 0 Å². The van der Waals surface area contributed by atoms with Crippen molar-refractivity contribution < 1.29 is 4.74 Å². The predicted molar refractivity (Wildman–Crippen MR) is 52.3 cm³/mol. The molecule has 1 aromatic carbocycles. The standard InChI is InChI=1S/C11H12NO/c1-9-12-11(2,8-13-9)10-6-4-3-5-7-10/h3-8H,1-2H3. The Balaban J connectivity index is 2.37. The third kappa shape index (κ3) is 1.44. The van der Waals surface area contributed by atoms with E-state index < -0.39 is 0 Å². The van der Waals surface area contributed by atoms with Crippen LogP contribution in [0.3, 0.4) is 0 Å².